The second-order valence-electron chi connectivity index (χ2n) is 10.9. The van der Waals surface area contributed by atoms with Crippen LogP contribution in [0.5, 0.6) is 17.4 Å². The van der Waals surface area contributed by atoms with Crippen molar-refractivity contribution >= 4 is 21.8 Å². The van der Waals surface area contributed by atoms with E-state index in [0.717, 1.165) is 57.1 Å². The van der Waals surface area contributed by atoms with E-state index in [1.165, 1.54) is 19.3 Å². The van der Waals surface area contributed by atoms with Gasteiger partial charge in [-0.3, -0.25) is 9.48 Å². The van der Waals surface area contributed by atoms with E-state index in [-0.39, 0.29) is 5.56 Å². The highest BCUT2D eigenvalue weighted by atomic mass is 16.5. The van der Waals surface area contributed by atoms with Crippen molar-refractivity contribution in [3.8, 4) is 28.5 Å². The molecule has 6 rings (SSSR count). The van der Waals surface area contributed by atoms with Gasteiger partial charge in [-0.25, -0.2) is 4.98 Å². The SMILES string of the molecule is COc1ccc(Cn2c(=O)c3cnn(C4CCCCC4)c3c3ccc(-c4c(C)cnc(OC)c4C)cc32)c(OC)c1. The Balaban J connectivity index is 1.63. The first-order valence-electron chi connectivity index (χ1n) is 14.2. The molecule has 1 fully saturated rings. The standard InChI is InChI=1S/C33H36N4O4/c1-20-17-34-32(41-5)21(2)30(20)22-12-14-26-28(15-22)36(19-23-11-13-25(39-3)16-29(23)40-4)33(38)27-18-35-37(31(26)27)24-9-7-6-8-10-24/h11-18,24H,6-10,19H2,1-5H3. The van der Waals surface area contributed by atoms with Gasteiger partial charge in [0, 0.05) is 28.8 Å². The predicted molar refractivity (Wildman–Crippen MR) is 162 cm³/mol. The van der Waals surface area contributed by atoms with E-state index in [1.54, 1.807) is 27.5 Å². The average Bonchev–Trinajstić information content (AvgIpc) is 3.45. The molecule has 212 valence electrons. The molecule has 0 spiro atoms. The molecule has 8 heteroatoms. The number of pyridine rings is 2. The highest BCUT2D eigenvalue weighted by Gasteiger charge is 2.23. The summed E-state index contributed by atoms with van der Waals surface area (Å²) in [5.74, 6) is 1.97. The van der Waals surface area contributed by atoms with Crippen molar-refractivity contribution in [3.05, 3.63) is 75.8 Å². The molecule has 3 heterocycles. The van der Waals surface area contributed by atoms with Crippen LogP contribution in [0.25, 0.3) is 32.9 Å². The third kappa shape index (κ3) is 4.61. The molecule has 0 unspecified atom stereocenters. The highest BCUT2D eigenvalue weighted by Crippen LogP contribution is 2.37. The molecular formula is C33H36N4O4. The zero-order valence-corrected chi connectivity index (χ0v) is 24.4. The van der Waals surface area contributed by atoms with Crippen molar-refractivity contribution in [1.29, 1.82) is 0 Å². The Bertz CT molecular complexity index is 1810. The molecule has 0 aliphatic heterocycles. The van der Waals surface area contributed by atoms with Crippen LogP contribution in [-0.2, 0) is 6.54 Å². The molecule has 8 nitrogen and oxygen atoms in total. The number of fused-ring (bicyclic) bond motifs is 3. The first-order chi connectivity index (χ1) is 19.9. The summed E-state index contributed by atoms with van der Waals surface area (Å²) >= 11 is 0. The van der Waals surface area contributed by atoms with Gasteiger partial charge in [-0.15, -0.1) is 0 Å². The Morgan fingerprint density at radius 3 is 2.44 bits per heavy atom. The number of ether oxygens (including phenoxy) is 3. The van der Waals surface area contributed by atoms with E-state index in [4.69, 9.17) is 19.3 Å². The lowest BCUT2D eigenvalue weighted by molar-refractivity contribution is 0.337. The van der Waals surface area contributed by atoms with Crippen LogP contribution in [-0.4, -0.2) is 40.7 Å². The van der Waals surface area contributed by atoms with Crippen LogP contribution in [0.3, 0.4) is 0 Å². The van der Waals surface area contributed by atoms with Crippen LogP contribution in [0.15, 0.2) is 53.6 Å². The van der Waals surface area contributed by atoms with Gasteiger partial charge in [0.05, 0.1) is 56.5 Å². The minimum atomic E-state index is -0.0645. The predicted octanol–water partition coefficient (Wildman–Crippen LogP) is 6.61. The first-order valence-corrected chi connectivity index (χ1v) is 14.2. The lowest BCUT2D eigenvalue weighted by Crippen LogP contribution is -2.22. The van der Waals surface area contributed by atoms with Crippen molar-refractivity contribution in [3.63, 3.8) is 0 Å². The molecular weight excluding hydrogens is 516 g/mol. The van der Waals surface area contributed by atoms with Crippen LogP contribution >= 0.6 is 0 Å². The Labute approximate surface area is 239 Å². The quantitative estimate of drug-likeness (QED) is 0.226. The Hall–Kier alpha value is -4.33. The fourth-order valence-electron chi connectivity index (χ4n) is 6.43. The molecule has 1 aliphatic carbocycles. The van der Waals surface area contributed by atoms with Gasteiger partial charge in [0.15, 0.2) is 0 Å². The zero-order chi connectivity index (χ0) is 28.7. The molecule has 1 saturated carbocycles. The third-order valence-corrected chi connectivity index (χ3v) is 8.51. The summed E-state index contributed by atoms with van der Waals surface area (Å²) in [7, 11) is 4.90. The molecule has 0 radical (unpaired) electrons. The summed E-state index contributed by atoms with van der Waals surface area (Å²) in [4.78, 5) is 18.7. The average molecular weight is 553 g/mol. The zero-order valence-electron chi connectivity index (χ0n) is 24.4. The number of aromatic nitrogens is 4. The summed E-state index contributed by atoms with van der Waals surface area (Å²) in [6, 6.07) is 12.4. The largest absolute Gasteiger partial charge is 0.497 e. The molecule has 0 bridgehead atoms. The van der Waals surface area contributed by atoms with Gasteiger partial charge in [0.1, 0.15) is 11.5 Å². The van der Waals surface area contributed by atoms with E-state index in [0.29, 0.717) is 35.4 Å². The molecule has 2 aromatic carbocycles. The second-order valence-corrected chi connectivity index (χ2v) is 10.9. The molecule has 1 aliphatic rings. The van der Waals surface area contributed by atoms with Gasteiger partial charge in [-0.2, -0.15) is 5.10 Å². The third-order valence-electron chi connectivity index (χ3n) is 8.51. The molecule has 0 N–H and O–H groups in total. The van der Waals surface area contributed by atoms with E-state index >= 15 is 0 Å². The van der Waals surface area contributed by atoms with Crippen LogP contribution in [0.1, 0.15) is 54.8 Å². The molecule has 3 aromatic heterocycles. The van der Waals surface area contributed by atoms with Crippen molar-refractivity contribution < 1.29 is 14.2 Å². The second kappa shape index (κ2) is 10.9. The number of benzene rings is 2. The minimum Gasteiger partial charge on any atom is -0.497 e. The van der Waals surface area contributed by atoms with E-state index in [9.17, 15) is 4.79 Å². The fourth-order valence-corrected chi connectivity index (χ4v) is 6.43. The van der Waals surface area contributed by atoms with Gasteiger partial charge in [-0.05, 0) is 61.6 Å². The van der Waals surface area contributed by atoms with Crippen molar-refractivity contribution in [2.75, 3.05) is 21.3 Å². The summed E-state index contributed by atoms with van der Waals surface area (Å²) in [6.07, 6.45) is 9.38. The maximum absolute atomic E-state index is 14.3. The maximum Gasteiger partial charge on any atom is 0.262 e. The van der Waals surface area contributed by atoms with Crippen molar-refractivity contribution in [2.24, 2.45) is 0 Å². The molecule has 0 atom stereocenters. The number of nitrogens with zero attached hydrogens (tertiary/aromatic N) is 4. The number of rotatable bonds is 7. The van der Waals surface area contributed by atoms with Crippen LogP contribution < -0.4 is 19.8 Å². The first kappa shape index (κ1) is 26.9. The highest BCUT2D eigenvalue weighted by molar-refractivity contribution is 6.05. The molecule has 41 heavy (non-hydrogen) atoms. The van der Waals surface area contributed by atoms with Crippen LogP contribution in [0, 0.1) is 13.8 Å². The summed E-state index contributed by atoms with van der Waals surface area (Å²) in [5.41, 5.74) is 6.66. The smallest absolute Gasteiger partial charge is 0.262 e. The number of aryl methyl sites for hydroxylation is 1. The number of methoxy groups -OCH3 is 3. The van der Waals surface area contributed by atoms with Crippen LogP contribution in [0.4, 0.5) is 0 Å². The summed E-state index contributed by atoms with van der Waals surface area (Å²) < 4.78 is 20.6. The van der Waals surface area contributed by atoms with E-state index in [2.05, 4.69) is 34.8 Å². The number of hydrogen-bond acceptors (Lipinski definition) is 6. The van der Waals surface area contributed by atoms with Gasteiger partial charge < -0.3 is 18.8 Å². The topological polar surface area (TPSA) is 80.4 Å². The maximum atomic E-state index is 14.3. The Morgan fingerprint density at radius 2 is 1.71 bits per heavy atom. The van der Waals surface area contributed by atoms with E-state index < -0.39 is 0 Å². The summed E-state index contributed by atoms with van der Waals surface area (Å²) in [5, 5.41) is 6.45. The van der Waals surface area contributed by atoms with Gasteiger partial charge in [0.25, 0.3) is 5.56 Å². The molecule has 5 aromatic rings. The normalized spacial score (nSPS) is 14.1. The van der Waals surface area contributed by atoms with Gasteiger partial charge in [0.2, 0.25) is 5.88 Å². The Kier molecular flexibility index (Phi) is 7.15. The van der Waals surface area contributed by atoms with Crippen molar-refractivity contribution in [1.82, 2.24) is 19.3 Å². The monoisotopic (exact) mass is 552 g/mol. The minimum absolute atomic E-state index is 0.0645. The summed E-state index contributed by atoms with van der Waals surface area (Å²) in [6.45, 7) is 4.42. The van der Waals surface area contributed by atoms with Crippen molar-refractivity contribution in [2.45, 2.75) is 58.5 Å². The lowest BCUT2D eigenvalue weighted by Gasteiger charge is -2.24. The molecule has 0 saturated heterocycles. The van der Waals surface area contributed by atoms with Crippen LogP contribution in [0.2, 0.25) is 0 Å². The van der Waals surface area contributed by atoms with Gasteiger partial charge >= 0.3 is 0 Å². The fraction of sp³-hybridized carbons (Fsp3) is 0.364. The number of hydrogen-bond donors (Lipinski definition) is 0. The van der Waals surface area contributed by atoms with Gasteiger partial charge in [-0.1, -0.05) is 31.4 Å². The molecule has 0 amide bonds. The van der Waals surface area contributed by atoms with E-state index in [1.807, 2.05) is 35.9 Å². The lowest BCUT2D eigenvalue weighted by atomic mass is 9.94. The Morgan fingerprint density at radius 1 is 0.902 bits per heavy atom.